The second kappa shape index (κ2) is 9.47. The maximum atomic E-state index is 13.0. The molecule has 3 N–H and O–H groups in total. The number of sulfonamides is 1. The van der Waals surface area contributed by atoms with Gasteiger partial charge in [0.05, 0.1) is 4.90 Å². The third-order valence-corrected chi connectivity index (χ3v) is 6.21. The molecule has 0 spiro atoms. The number of carbonyl (C=O) groups is 1. The molecule has 1 saturated heterocycles. The lowest BCUT2D eigenvalue weighted by Crippen LogP contribution is -2.48. The molecule has 2 aromatic rings. The maximum absolute atomic E-state index is 13.0. The van der Waals surface area contributed by atoms with E-state index in [0.29, 0.717) is 25.9 Å². The Morgan fingerprint density at radius 3 is 2.21 bits per heavy atom. The molecule has 2 aromatic carbocycles. The van der Waals surface area contributed by atoms with Crippen LogP contribution in [0.1, 0.15) is 24.4 Å². The van der Waals surface area contributed by atoms with Crippen LogP contribution in [-0.4, -0.2) is 38.4 Å². The topological polar surface area (TPSA) is 92.5 Å². The third kappa shape index (κ3) is 5.29. The van der Waals surface area contributed by atoms with Crippen molar-refractivity contribution in [2.45, 2.75) is 29.8 Å². The van der Waals surface area contributed by atoms with Crippen LogP contribution in [0.4, 0.5) is 4.39 Å². The number of likely N-dealkylation sites (tertiary alicyclic amines) is 1. The van der Waals surface area contributed by atoms with Gasteiger partial charge in [0.25, 0.3) is 0 Å². The highest BCUT2D eigenvalue weighted by Gasteiger charge is 2.29. The molecule has 1 heterocycles. The molecule has 0 bridgehead atoms. The van der Waals surface area contributed by atoms with E-state index in [-0.39, 0.29) is 29.3 Å². The average Bonchev–Trinajstić information content (AvgIpc) is 2.68. The van der Waals surface area contributed by atoms with Gasteiger partial charge < -0.3 is 10.6 Å². The number of nitrogens with one attached hydrogen (secondary N) is 1. The van der Waals surface area contributed by atoms with Crippen LogP contribution in [0.2, 0.25) is 0 Å². The number of piperidine rings is 1. The molecule has 1 fully saturated rings. The van der Waals surface area contributed by atoms with Crippen LogP contribution in [0.15, 0.2) is 59.5 Å². The van der Waals surface area contributed by atoms with Crippen molar-refractivity contribution < 1.29 is 17.6 Å². The van der Waals surface area contributed by atoms with Gasteiger partial charge in [0, 0.05) is 19.1 Å². The predicted octanol–water partition coefficient (Wildman–Crippen LogP) is 2.22. The summed E-state index contributed by atoms with van der Waals surface area (Å²) in [5, 5.41) is 0. The molecule has 0 aliphatic carbocycles. The van der Waals surface area contributed by atoms with Crippen molar-refractivity contribution in [3.63, 3.8) is 0 Å². The summed E-state index contributed by atoms with van der Waals surface area (Å²) in [6.07, 6.45) is 0.987. The van der Waals surface area contributed by atoms with Gasteiger partial charge in [-0.25, -0.2) is 17.5 Å². The Morgan fingerprint density at radius 2 is 1.64 bits per heavy atom. The van der Waals surface area contributed by atoms with Gasteiger partial charge in [0.2, 0.25) is 15.9 Å². The van der Waals surface area contributed by atoms with Crippen molar-refractivity contribution >= 4 is 28.3 Å². The predicted molar refractivity (Wildman–Crippen MR) is 107 cm³/mol. The zero-order valence-electron chi connectivity index (χ0n) is 15.1. The molecule has 1 amide bonds. The summed E-state index contributed by atoms with van der Waals surface area (Å²) in [5.74, 6) is -0.656. The highest BCUT2D eigenvalue weighted by atomic mass is 35.5. The molecule has 6 nitrogen and oxygen atoms in total. The van der Waals surface area contributed by atoms with Crippen LogP contribution in [-0.2, 0) is 14.8 Å². The minimum Gasteiger partial charge on any atom is -0.341 e. The third-order valence-electron chi connectivity index (χ3n) is 4.68. The Hall–Kier alpha value is -2.00. The molecule has 0 saturated carbocycles. The standard InChI is InChI=1S/C19H22FN3O3S.ClH/c20-15-6-8-17(9-7-15)27(25,26)22-16-10-12-23(13-11-16)19(24)18(21)14-4-2-1-3-5-14;/h1-9,16,18,22H,10-13,21H2;1H. The van der Waals surface area contributed by atoms with E-state index in [1.54, 1.807) is 4.90 Å². The first-order chi connectivity index (χ1) is 12.9. The molecule has 1 unspecified atom stereocenters. The number of benzene rings is 2. The Morgan fingerprint density at radius 1 is 1.07 bits per heavy atom. The van der Waals surface area contributed by atoms with E-state index in [2.05, 4.69) is 4.72 Å². The molecule has 1 aliphatic rings. The summed E-state index contributed by atoms with van der Waals surface area (Å²) in [7, 11) is -3.72. The monoisotopic (exact) mass is 427 g/mol. The van der Waals surface area contributed by atoms with E-state index < -0.39 is 21.9 Å². The van der Waals surface area contributed by atoms with Crippen LogP contribution in [0.5, 0.6) is 0 Å². The largest absolute Gasteiger partial charge is 0.341 e. The first-order valence-corrected chi connectivity index (χ1v) is 10.2. The molecule has 3 rings (SSSR count). The molecular formula is C19H23ClFN3O3S. The molecule has 152 valence electrons. The van der Waals surface area contributed by atoms with Gasteiger partial charge in [-0.3, -0.25) is 4.79 Å². The Bertz CT molecular complexity index is 886. The second-order valence-corrected chi connectivity index (χ2v) is 8.28. The first kappa shape index (κ1) is 22.3. The summed E-state index contributed by atoms with van der Waals surface area (Å²) in [4.78, 5) is 14.3. The van der Waals surface area contributed by atoms with Gasteiger partial charge in [-0.05, 0) is 42.7 Å². The molecule has 1 atom stereocenters. The maximum Gasteiger partial charge on any atom is 0.244 e. The highest BCUT2D eigenvalue weighted by molar-refractivity contribution is 7.89. The van der Waals surface area contributed by atoms with Gasteiger partial charge in [-0.15, -0.1) is 12.4 Å². The number of rotatable bonds is 5. The van der Waals surface area contributed by atoms with E-state index in [0.717, 1.165) is 17.7 Å². The first-order valence-electron chi connectivity index (χ1n) is 8.74. The van der Waals surface area contributed by atoms with Crippen molar-refractivity contribution in [2.75, 3.05) is 13.1 Å². The van der Waals surface area contributed by atoms with E-state index in [1.807, 2.05) is 30.3 Å². The highest BCUT2D eigenvalue weighted by Crippen LogP contribution is 2.19. The fraction of sp³-hybridized carbons (Fsp3) is 0.316. The SMILES string of the molecule is Cl.NC(C(=O)N1CCC(NS(=O)(=O)c2ccc(F)cc2)CC1)c1ccccc1. The van der Waals surface area contributed by atoms with Gasteiger partial charge >= 0.3 is 0 Å². The molecule has 0 aromatic heterocycles. The van der Waals surface area contributed by atoms with Crippen LogP contribution >= 0.6 is 12.4 Å². The molecule has 9 heteroatoms. The number of hydrogen-bond donors (Lipinski definition) is 2. The number of amides is 1. The van der Waals surface area contributed by atoms with Crippen molar-refractivity contribution in [1.82, 2.24) is 9.62 Å². The number of hydrogen-bond acceptors (Lipinski definition) is 4. The number of nitrogens with zero attached hydrogens (tertiary/aromatic N) is 1. The van der Waals surface area contributed by atoms with Gasteiger partial charge in [-0.2, -0.15) is 0 Å². The fourth-order valence-electron chi connectivity index (χ4n) is 3.12. The number of halogens is 2. The summed E-state index contributed by atoms with van der Waals surface area (Å²) in [6, 6.07) is 12.8. The Kier molecular flexibility index (Phi) is 7.54. The summed E-state index contributed by atoms with van der Waals surface area (Å²) >= 11 is 0. The Balaban J connectivity index is 0.00000280. The minimum atomic E-state index is -3.72. The fourth-order valence-corrected chi connectivity index (χ4v) is 4.42. The molecule has 28 heavy (non-hydrogen) atoms. The van der Waals surface area contributed by atoms with Crippen molar-refractivity contribution in [3.05, 3.63) is 66.0 Å². The lowest BCUT2D eigenvalue weighted by atomic mass is 10.0. The minimum absolute atomic E-state index is 0. The Labute approximate surface area is 170 Å². The van der Waals surface area contributed by atoms with E-state index >= 15 is 0 Å². The van der Waals surface area contributed by atoms with Crippen LogP contribution in [0.3, 0.4) is 0 Å². The molecular weight excluding hydrogens is 405 g/mol. The lowest BCUT2D eigenvalue weighted by molar-refractivity contribution is -0.133. The van der Waals surface area contributed by atoms with Gasteiger partial charge in [0.15, 0.2) is 0 Å². The van der Waals surface area contributed by atoms with E-state index in [9.17, 15) is 17.6 Å². The molecule has 1 aliphatic heterocycles. The second-order valence-electron chi connectivity index (χ2n) is 6.56. The van der Waals surface area contributed by atoms with E-state index in [1.165, 1.54) is 12.1 Å². The average molecular weight is 428 g/mol. The van der Waals surface area contributed by atoms with Crippen LogP contribution in [0, 0.1) is 5.82 Å². The van der Waals surface area contributed by atoms with Crippen LogP contribution < -0.4 is 10.5 Å². The quantitative estimate of drug-likeness (QED) is 0.765. The smallest absolute Gasteiger partial charge is 0.244 e. The van der Waals surface area contributed by atoms with Crippen molar-refractivity contribution in [2.24, 2.45) is 5.73 Å². The summed E-state index contributed by atoms with van der Waals surface area (Å²) in [5.41, 5.74) is 6.81. The molecule has 0 radical (unpaired) electrons. The van der Waals surface area contributed by atoms with Crippen molar-refractivity contribution in [1.29, 1.82) is 0 Å². The van der Waals surface area contributed by atoms with Crippen molar-refractivity contribution in [3.8, 4) is 0 Å². The van der Waals surface area contributed by atoms with Crippen LogP contribution in [0.25, 0.3) is 0 Å². The normalized spacial score (nSPS) is 16.3. The van der Waals surface area contributed by atoms with Gasteiger partial charge in [-0.1, -0.05) is 30.3 Å². The lowest BCUT2D eigenvalue weighted by Gasteiger charge is -2.33. The van der Waals surface area contributed by atoms with Gasteiger partial charge in [0.1, 0.15) is 11.9 Å². The zero-order chi connectivity index (χ0) is 19.4. The number of carbonyl (C=O) groups excluding carboxylic acids is 1. The summed E-state index contributed by atoms with van der Waals surface area (Å²) < 4.78 is 40.4. The van der Waals surface area contributed by atoms with E-state index in [4.69, 9.17) is 5.73 Å². The number of nitrogens with two attached hydrogens (primary N) is 1. The zero-order valence-corrected chi connectivity index (χ0v) is 16.8. The summed E-state index contributed by atoms with van der Waals surface area (Å²) in [6.45, 7) is 0.853.